The van der Waals surface area contributed by atoms with Crippen molar-refractivity contribution in [1.82, 2.24) is 9.88 Å². The van der Waals surface area contributed by atoms with Gasteiger partial charge in [0.2, 0.25) is 0 Å². The average Bonchev–Trinajstić information content (AvgIpc) is 3.31. The lowest BCUT2D eigenvalue weighted by Gasteiger charge is -2.36. The standard InChI is InChI=1S/C26H35F2N3O5S2/c1-17-8-10-19(11-9-17)31(12-13-35-15-18-6-4-5-7-20(18)36-23(27)28)25(34)30-24-29-14-21(38-24)37-16-26(2,3)22(32)33/h4-7,14,17,19,23H,8-13,15-16H2,1-3H3,(H,32,33)(H,29,30,34). The molecule has 210 valence electrons. The maximum absolute atomic E-state index is 13.3. The van der Waals surface area contributed by atoms with Crippen molar-refractivity contribution in [3.8, 4) is 5.75 Å². The van der Waals surface area contributed by atoms with E-state index >= 15 is 0 Å². The van der Waals surface area contributed by atoms with Gasteiger partial charge in [-0.25, -0.2) is 9.78 Å². The molecule has 1 aliphatic rings. The molecule has 12 heteroatoms. The Morgan fingerprint density at radius 2 is 1.97 bits per heavy atom. The summed E-state index contributed by atoms with van der Waals surface area (Å²) in [5.74, 6) is 0.204. The number of alkyl halides is 2. The molecule has 1 fully saturated rings. The highest BCUT2D eigenvalue weighted by atomic mass is 32.2. The number of carbonyl (C=O) groups is 2. The van der Waals surface area contributed by atoms with Crippen molar-refractivity contribution in [2.45, 2.75) is 69.9 Å². The number of aliphatic carboxylic acids is 1. The van der Waals surface area contributed by atoms with Gasteiger partial charge in [0.05, 0.1) is 29.0 Å². The van der Waals surface area contributed by atoms with Crippen LogP contribution in [0.25, 0.3) is 0 Å². The Balaban J connectivity index is 1.58. The van der Waals surface area contributed by atoms with E-state index in [2.05, 4.69) is 22.0 Å². The van der Waals surface area contributed by atoms with Crippen LogP contribution in [0, 0.1) is 11.3 Å². The molecule has 0 spiro atoms. The molecule has 0 atom stereocenters. The number of thioether (sulfide) groups is 1. The van der Waals surface area contributed by atoms with E-state index in [4.69, 9.17) is 4.74 Å². The van der Waals surface area contributed by atoms with Crippen molar-refractivity contribution >= 4 is 40.2 Å². The summed E-state index contributed by atoms with van der Waals surface area (Å²) in [6, 6.07) is 6.27. The van der Waals surface area contributed by atoms with E-state index in [-0.39, 0.29) is 31.0 Å². The third-order valence-corrected chi connectivity index (χ3v) is 9.03. The number of thiazole rings is 1. The minimum absolute atomic E-state index is 0.0643. The number of carboxylic acid groups (broad SMARTS) is 1. The number of halogens is 2. The van der Waals surface area contributed by atoms with Gasteiger partial charge >= 0.3 is 18.6 Å². The van der Waals surface area contributed by atoms with Crippen molar-refractivity contribution in [3.63, 3.8) is 0 Å². The van der Waals surface area contributed by atoms with Crippen LogP contribution < -0.4 is 10.1 Å². The van der Waals surface area contributed by atoms with Crippen molar-refractivity contribution in [1.29, 1.82) is 0 Å². The topological polar surface area (TPSA) is 101 Å². The Bertz CT molecular complexity index is 1060. The number of amides is 2. The van der Waals surface area contributed by atoms with Gasteiger partial charge in [-0.15, -0.1) is 11.8 Å². The molecule has 0 radical (unpaired) electrons. The quantitative estimate of drug-likeness (QED) is 0.207. The van der Waals surface area contributed by atoms with E-state index in [1.165, 1.54) is 29.2 Å². The molecule has 1 aromatic carbocycles. The lowest BCUT2D eigenvalue weighted by molar-refractivity contribution is -0.145. The average molecular weight is 572 g/mol. The number of aromatic nitrogens is 1. The van der Waals surface area contributed by atoms with Crippen LogP contribution >= 0.6 is 23.1 Å². The molecule has 2 N–H and O–H groups in total. The van der Waals surface area contributed by atoms with E-state index in [1.54, 1.807) is 43.1 Å². The third-order valence-electron chi connectivity index (χ3n) is 6.46. The number of nitrogens with one attached hydrogen (secondary N) is 1. The molecular formula is C26H35F2N3O5S2. The summed E-state index contributed by atoms with van der Waals surface area (Å²) >= 11 is 2.70. The fourth-order valence-electron chi connectivity index (χ4n) is 4.04. The normalized spacial score (nSPS) is 17.8. The Morgan fingerprint density at radius 1 is 1.26 bits per heavy atom. The zero-order valence-corrected chi connectivity index (χ0v) is 23.5. The van der Waals surface area contributed by atoms with Crippen molar-refractivity contribution < 1.29 is 33.0 Å². The van der Waals surface area contributed by atoms with Gasteiger partial charge in [-0.05, 0) is 51.5 Å². The molecule has 0 bridgehead atoms. The molecule has 8 nitrogen and oxygen atoms in total. The van der Waals surface area contributed by atoms with Crippen LogP contribution in [0.2, 0.25) is 0 Å². The Hall–Kier alpha value is -2.44. The largest absolute Gasteiger partial charge is 0.481 e. The van der Waals surface area contributed by atoms with Crippen molar-refractivity contribution in [3.05, 3.63) is 36.0 Å². The van der Waals surface area contributed by atoms with Crippen LogP contribution in [0.3, 0.4) is 0 Å². The number of benzene rings is 1. The van der Waals surface area contributed by atoms with Gasteiger partial charge in [-0.2, -0.15) is 8.78 Å². The smallest absolute Gasteiger partial charge is 0.387 e. The maximum Gasteiger partial charge on any atom is 0.387 e. The first-order valence-electron chi connectivity index (χ1n) is 12.5. The number of nitrogens with zero attached hydrogens (tertiary/aromatic N) is 2. The number of hydrogen-bond acceptors (Lipinski definition) is 7. The number of para-hydroxylation sites is 1. The first kappa shape index (κ1) is 30.1. The first-order valence-corrected chi connectivity index (χ1v) is 14.4. The fraction of sp³-hybridized carbons (Fsp3) is 0.577. The number of urea groups is 1. The Morgan fingerprint density at radius 3 is 2.66 bits per heavy atom. The molecule has 2 aromatic rings. The molecule has 0 aliphatic heterocycles. The molecule has 1 heterocycles. The van der Waals surface area contributed by atoms with E-state index in [0.29, 0.717) is 28.9 Å². The van der Waals surface area contributed by atoms with E-state index in [9.17, 15) is 23.5 Å². The number of carboxylic acids is 1. The predicted molar refractivity (Wildman–Crippen MR) is 144 cm³/mol. The summed E-state index contributed by atoms with van der Waals surface area (Å²) in [4.78, 5) is 30.7. The Kier molecular flexibility index (Phi) is 11.2. The number of carbonyl (C=O) groups excluding carboxylic acids is 1. The number of anilines is 1. The van der Waals surface area contributed by atoms with E-state index in [0.717, 1.165) is 29.9 Å². The lowest BCUT2D eigenvalue weighted by atomic mass is 9.86. The molecule has 1 aromatic heterocycles. The van der Waals surface area contributed by atoms with Gasteiger partial charge in [0.25, 0.3) is 0 Å². The van der Waals surface area contributed by atoms with Gasteiger partial charge in [0.15, 0.2) is 5.13 Å². The number of hydrogen-bond donors (Lipinski definition) is 2. The van der Waals surface area contributed by atoms with Crippen LogP contribution in [0.4, 0.5) is 18.7 Å². The third kappa shape index (κ3) is 9.09. The molecular weight excluding hydrogens is 536 g/mol. The summed E-state index contributed by atoms with van der Waals surface area (Å²) in [5, 5.41) is 12.6. The number of rotatable bonds is 13. The van der Waals surface area contributed by atoms with Crippen LogP contribution in [0.15, 0.2) is 34.7 Å². The number of ether oxygens (including phenoxy) is 2. The van der Waals surface area contributed by atoms with Crippen LogP contribution in [0.1, 0.15) is 52.0 Å². The molecule has 38 heavy (non-hydrogen) atoms. The Labute approximate surface area is 230 Å². The summed E-state index contributed by atoms with van der Waals surface area (Å²) in [5.41, 5.74) is -0.367. The second-order valence-corrected chi connectivity index (χ2v) is 12.3. The summed E-state index contributed by atoms with van der Waals surface area (Å²) < 4.78 is 36.5. The molecule has 0 saturated heterocycles. The van der Waals surface area contributed by atoms with E-state index < -0.39 is 18.0 Å². The molecule has 0 unspecified atom stereocenters. The molecule has 1 saturated carbocycles. The highest BCUT2D eigenvalue weighted by molar-refractivity contribution is 8.01. The minimum Gasteiger partial charge on any atom is -0.481 e. The van der Waals surface area contributed by atoms with Crippen molar-refractivity contribution in [2.24, 2.45) is 11.3 Å². The molecule has 3 rings (SSSR count). The fourth-order valence-corrected chi connectivity index (χ4v) is 5.99. The predicted octanol–water partition coefficient (Wildman–Crippen LogP) is 6.58. The van der Waals surface area contributed by atoms with Gasteiger partial charge in [0, 0.05) is 23.9 Å². The molecule has 1 aliphatic carbocycles. The monoisotopic (exact) mass is 571 g/mol. The lowest BCUT2D eigenvalue weighted by Crippen LogP contribution is -2.46. The highest BCUT2D eigenvalue weighted by Crippen LogP contribution is 2.34. The van der Waals surface area contributed by atoms with Gasteiger partial charge in [-0.1, -0.05) is 36.5 Å². The zero-order chi connectivity index (χ0) is 27.7. The summed E-state index contributed by atoms with van der Waals surface area (Å²) in [6.07, 6.45) is 5.49. The zero-order valence-electron chi connectivity index (χ0n) is 21.8. The minimum atomic E-state index is -2.92. The summed E-state index contributed by atoms with van der Waals surface area (Å²) in [7, 11) is 0. The van der Waals surface area contributed by atoms with Gasteiger partial charge in [0.1, 0.15) is 5.75 Å². The van der Waals surface area contributed by atoms with Crippen LogP contribution in [0.5, 0.6) is 5.75 Å². The maximum atomic E-state index is 13.3. The summed E-state index contributed by atoms with van der Waals surface area (Å²) in [6.45, 7) is 3.28. The van der Waals surface area contributed by atoms with Gasteiger partial charge < -0.3 is 19.5 Å². The van der Waals surface area contributed by atoms with E-state index in [1.807, 2.05) is 0 Å². The van der Waals surface area contributed by atoms with Crippen molar-refractivity contribution in [2.75, 3.05) is 24.2 Å². The SMILES string of the molecule is CC1CCC(N(CCOCc2ccccc2OC(F)F)C(=O)Nc2ncc(SCC(C)(C)C(=O)O)s2)CC1. The van der Waals surface area contributed by atoms with Crippen LogP contribution in [-0.2, 0) is 16.1 Å². The second-order valence-electron chi connectivity index (χ2n) is 10.0. The highest BCUT2D eigenvalue weighted by Gasteiger charge is 2.29. The second kappa shape index (κ2) is 14.1. The van der Waals surface area contributed by atoms with Crippen LogP contribution in [-0.4, -0.2) is 58.5 Å². The first-order chi connectivity index (χ1) is 18.0. The van der Waals surface area contributed by atoms with Gasteiger partial charge in [-0.3, -0.25) is 10.1 Å². The molecule has 2 amide bonds.